The van der Waals surface area contributed by atoms with Crippen LogP contribution in [-0.4, -0.2) is 151 Å². The third-order valence-corrected chi connectivity index (χ3v) is 17.7. The van der Waals surface area contributed by atoms with Crippen LogP contribution in [0.3, 0.4) is 0 Å². The van der Waals surface area contributed by atoms with Crippen molar-refractivity contribution in [2.75, 3.05) is 71.0 Å². The molecule has 2 unspecified atom stereocenters. The second kappa shape index (κ2) is 19.7. The maximum Gasteiger partial charge on any atom is 0.324 e. The molecule has 8 aliphatic rings. The number of fused-ring (bicyclic) bond motifs is 6. The third-order valence-electron chi connectivity index (χ3n) is 17.7. The van der Waals surface area contributed by atoms with Crippen LogP contribution < -0.4 is 21.0 Å². The zero-order valence-corrected chi connectivity index (χ0v) is 42.8. The Kier molecular flexibility index (Phi) is 13.5. The second-order valence-corrected chi connectivity index (χ2v) is 23.3. The van der Waals surface area contributed by atoms with Crippen molar-refractivity contribution in [3.05, 3.63) is 47.8 Å². The molecule has 2 aromatic heterocycles. The van der Waals surface area contributed by atoms with Crippen LogP contribution in [0.15, 0.2) is 36.5 Å². The lowest BCUT2D eigenvalue weighted by Crippen LogP contribution is -2.62. The number of methoxy groups -OCH3 is 1. The molecule has 8 heterocycles. The lowest BCUT2D eigenvalue weighted by atomic mass is 9.84. The smallest absolute Gasteiger partial charge is 0.324 e. The van der Waals surface area contributed by atoms with E-state index in [-0.39, 0.29) is 66.4 Å². The fourth-order valence-corrected chi connectivity index (χ4v) is 13.6. The number of hydrogen-bond acceptors (Lipinski definition) is 12. The number of cyclic esters (lactones) is 1. The summed E-state index contributed by atoms with van der Waals surface area (Å²) < 4.78 is 21.0. The SMILES string of the molecule is CCn1c(-c2cccnc2[C@H](C)OC)c2c3cc(ccc31)N1CCO[C@@H](C[C@H](NC(=O)C(C3CCCC3)N3CC[C@]4(CCN(C(=O)[C@@H]5NC5C5CC5)C4)C3)C(=O)N3CCC[C@H](N3)C(=O)OCC(C)(C)C2)C1. The molecule has 8 atom stereocenters. The molecule has 16 heteroatoms. The summed E-state index contributed by atoms with van der Waals surface area (Å²) in [4.78, 5) is 69.6. The summed E-state index contributed by atoms with van der Waals surface area (Å²) in [7, 11) is 1.71. The number of hydrazine groups is 1. The largest absolute Gasteiger partial charge is 0.464 e. The average molecular weight is 976 g/mol. The number of ether oxygens (including phenoxy) is 3. The molecular weight excluding hydrogens is 899 g/mol. The summed E-state index contributed by atoms with van der Waals surface area (Å²) in [5.74, 6) is 0.340. The first kappa shape index (κ1) is 48.6. The van der Waals surface area contributed by atoms with Crippen LogP contribution in [0.5, 0.6) is 0 Å². The number of benzene rings is 1. The lowest BCUT2D eigenvalue weighted by Gasteiger charge is -2.39. The van der Waals surface area contributed by atoms with Crippen LogP contribution in [0.2, 0.25) is 0 Å². The van der Waals surface area contributed by atoms with Gasteiger partial charge in [-0.15, -0.1) is 0 Å². The summed E-state index contributed by atoms with van der Waals surface area (Å²) in [5, 5.41) is 9.53. The number of pyridine rings is 1. The number of carbonyl (C=O) groups excluding carboxylic acids is 4. The van der Waals surface area contributed by atoms with Crippen LogP contribution in [0, 0.1) is 22.7 Å². The standard InChI is InChI=1S/C55H77N9O7/c1-6-63-44-18-17-37-27-40(44)41(49(63)39-13-9-21-56-45(39)34(2)69-5)29-54(3,4)33-71-53(68)42-14-10-22-64(59-42)51(66)43(28-38-30-60(37)25-26-70-38)57-50(65)48(36-11-7-8-12-36)61-23-19-55(31-61)20-24-62(32-55)52(67)47-46(58-47)35-15-16-35/h9,13,17-18,21,27,34-36,38,42-43,46-48,58-59H,6-8,10-12,14-16,19-20,22-26,28-33H2,1-5H3,(H,57,65)/t34-,38-,42-,43-,46?,47+,48?,55-/m0/s1. The number of morpholine rings is 1. The van der Waals surface area contributed by atoms with Crippen LogP contribution >= 0.6 is 0 Å². The van der Waals surface area contributed by atoms with Crippen molar-refractivity contribution in [1.82, 2.24) is 40.4 Å². The van der Waals surface area contributed by atoms with Crippen molar-refractivity contribution in [2.24, 2.45) is 22.7 Å². The summed E-state index contributed by atoms with van der Waals surface area (Å²) in [6.45, 7) is 14.6. The van der Waals surface area contributed by atoms with E-state index in [0.717, 1.165) is 105 Å². The highest BCUT2D eigenvalue weighted by Gasteiger charge is 2.55. The molecule has 2 aliphatic carbocycles. The molecule has 7 fully saturated rings. The Morgan fingerprint density at radius 3 is 2.61 bits per heavy atom. The number of nitrogens with zero attached hydrogens (tertiary/aromatic N) is 6. The summed E-state index contributed by atoms with van der Waals surface area (Å²) in [6, 6.07) is 9.20. The van der Waals surface area contributed by atoms with Gasteiger partial charge in [0.05, 0.1) is 42.9 Å². The summed E-state index contributed by atoms with van der Waals surface area (Å²) in [5.41, 5.74) is 9.11. The minimum atomic E-state index is -0.892. The van der Waals surface area contributed by atoms with Crippen molar-refractivity contribution < 1.29 is 33.4 Å². The van der Waals surface area contributed by atoms with Gasteiger partial charge in [0.15, 0.2) is 0 Å². The van der Waals surface area contributed by atoms with Crippen LogP contribution in [0.4, 0.5) is 5.69 Å². The van der Waals surface area contributed by atoms with Gasteiger partial charge in [-0.25, -0.2) is 5.43 Å². The molecule has 0 radical (unpaired) electrons. The molecule has 6 bridgehead atoms. The van der Waals surface area contributed by atoms with E-state index in [1.54, 1.807) is 12.1 Å². The van der Waals surface area contributed by atoms with E-state index in [1.165, 1.54) is 18.4 Å². The van der Waals surface area contributed by atoms with Crippen LogP contribution in [0.25, 0.3) is 22.2 Å². The van der Waals surface area contributed by atoms with E-state index in [4.69, 9.17) is 19.2 Å². The van der Waals surface area contributed by atoms with Gasteiger partial charge in [-0.2, -0.15) is 0 Å². The third kappa shape index (κ3) is 9.72. The van der Waals surface area contributed by atoms with E-state index < -0.39 is 23.5 Å². The zero-order chi connectivity index (χ0) is 49.2. The van der Waals surface area contributed by atoms with E-state index in [0.29, 0.717) is 57.5 Å². The van der Waals surface area contributed by atoms with E-state index in [1.807, 2.05) is 19.2 Å². The molecule has 11 rings (SSSR count). The molecule has 1 spiro atoms. The first-order valence-electron chi connectivity index (χ1n) is 27.2. The Hall–Kier alpha value is -4.61. The highest BCUT2D eigenvalue weighted by Crippen LogP contribution is 2.46. The zero-order valence-electron chi connectivity index (χ0n) is 42.8. The van der Waals surface area contributed by atoms with Gasteiger partial charge in [0.2, 0.25) is 11.8 Å². The maximum absolute atomic E-state index is 15.2. The molecule has 16 nitrogen and oxygen atoms in total. The maximum atomic E-state index is 15.2. The number of rotatable bonds is 10. The number of esters is 1. The number of anilines is 1. The van der Waals surface area contributed by atoms with Crippen molar-refractivity contribution >= 4 is 40.3 Å². The lowest BCUT2D eigenvalue weighted by molar-refractivity contribution is -0.156. The molecule has 1 aromatic carbocycles. The van der Waals surface area contributed by atoms with Crippen LogP contribution in [-0.2, 0) is 46.4 Å². The Bertz CT molecular complexity index is 2500. The quantitative estimate of drug-likeness (QED) is 0.176. The van der Waals surface area contributed by atoms with E-state index in [9.17, 15) is 9.59 Å². The van der Waals surface area contributed by atoms with Crippen molar-refractivity contribution in [2.45, 2.75) is 154 Å². The van der Waals surface area contributed by atoms with Gasteiger partial charge in [-0.05, 0) is 126 Å². The number of aryl methyl sites for hydroxylation is 1. The number of hydrogen-bond donors (Lipinski definition) is 3. The predicted octanol–water partition coefficient (Wildman–Crippen LogP) is 5.37. The summed E-state index contributed by atoms with van der Waals surface area (Å²) in [6.07, 6.45) is 11.8. The molecule has 3 amide bonds. The molecule has 384 valence electrons. The van der Waals surface area contributed by atoms with Gasteiger partial charge >= 0.3 is 5.97 Å². The monoisotopic (exact) mass is 976 g/mol. The van der Waals surface area contributed by atoms with Crippen LogP contribution in [0.1, 0.15) is 116 Å². The molecule has 2 saturated carbocycles. The Morgan fingerprint density at radius 1 is 1.00 bits per heavy atom. The molecular formula is C55H77N9O7. The average Bonchev–Trinajstić information content (AvgIpc) is 4.19. The molecule has 3 N–H and O–H groups in total. The predicted molar refractivity (Wildman–Crippen MR) is 270 cm³/mol. The number of likely N-dealkylation sites (tertiary alicyclic amines) is 2. The fourth-order valence-electron chi connectivity index (χ4n) is 13.6. The normalized spacial score (nSPS) is 30.4. The van der Waals surface area contributed by atoms with Gasteiger partial charge in [0.25, 0.3) is 5.91 Å². The second-order valence-electron chi connectivity index (χ2n) is 23.3. The minimum absolute atomic E-state index is 0.0225. The highest BCUT2D eigenvalue weighted by atomic mass is 16.5. The topological polar surface area (TPSA) is 173 Å². The Morgan fingerprint density at radius 2 is 1.82 bits per heavy atom. The van der Waals surface area contributed by atoms with Gasteiger partial charge in [-0.3, -0.25) is 39.4 Å². The first-order valence-corrected chi connectivity index (χ1v) is 27.2. The van der Waals surface area contributed by atoms with Crippen molar-refractivity contribution in [3.63, 3.8) is 0 Å². The first-order chi connectivity index (χ1) is 34.3. The van der Waals surface area contributed by atoms with Gasteiger partial charge in [-0.1, -0.05) is 26.7 Å². The van der Waals surface area contributed by atoms with E-state index in [2.05, 4.69) is 80.4 Å². The van der Waals surface area contributed by atoms with E-state index >= 15 is 9.59 Å². The molecule has 3 aromatic rings. The highest BCUT2D eigenvalue weighted by molar-refractivity contribution is 5.95. The minimum Gasteiger partial charge on any atom is -0.464 e. The van der Waals surface area contributed by atoms with Gasteiger partial charge < -0.3 is 33.9 Å². The Labute approximate surface area is 419 Å². The number of carbonyl (C=O) groups is 4. The number of aromatic nitrogens is 2. The molecule has 71 heavy (non-hydrogen) atoms. The van der Waals surface area contributed by atoms with Gasteiger partial charge in [0, 0.05) is 105 Å². The molecule has 6 aliphatic heterocycles. The number of amides is 3. The molecule has 5 saturated heterocycles. The van der Waals surface area contributed by atoms with Crippen molar-refractivity contribution in [3.8, 4) is 11.3 Å². The number of nitrogens with one attached hydrogen (secondary N) is 3. The Balaban J connectivity index is 0.891. The fraction of sp³-hybridized carbons (Fsp3) is 0.691. The summed E-state index contributed by atoms with van der Waals surface area (Å²) >= 11 is 0. The van der Waals surface area contributed by atoms with Crippen molar-refractivity contribution in [1.29, 1.82) is 0 Å². The van der Waals surface area contributed by atoms with Gasteiger partial charge in [0.1, 0.15) is 18.1 Å².